The van der Waals surface area contributed by atoms with Gasteiger partial charge in [0, 0.05) is 30.9 Å². The molecule has 0 aliphatic carbocycles. The van der Waals surface area contributed by atoms with E-state index in [1.807, 2.05) is 31.2 Å². The first-order chi connectivity index (χ1) is 12.2. The van der Waals surface area contributed by atoms with Gasteiger partial charge in [-0.2, -0.15) is 0 Å². The number of para-hydroxylation sites is 2. The van der Waals surface area contributed by atoms with Gasteiger partial charge in [-0.15, -0.1) is 0 Å². The number of hydrogen-bond acceptors (Lipinski definition) is 3. The van der Waals surface area contributed by atoms with E-state index in [0.29, 0.717) is 6.42 Å². The van der Waals surface area contributed by atoms with Crippen LogP contribution < -0.4 is 10.2 Å². The number of nitrogens with one attached hydrogen (secondary N) is 1. The molecule has 1 aliphatic rings. The van der Waals surface area contributed by atoms with Crippen molar-refractivity contribution in [3.05, 3.63) is 54.4 Å². The van der Waals surface area contributed by atoms with Crippen molar-refractivity contribution in [2.45, 2.75) is 32.9 Å². The summed E-state index contributed by atoms with van der Waals surface area (Å²) < 4.78 is 2.30. The Morgan fingerprint density at radius 2 is 2.04 bits per heavy atom. The smallest absolute Gasteiger partial charge is 0.224 e. The van der Waals surface area contributed by atoms with Gasteiger partial charge < -0.3 is 14.8 Å². The summed E-state index contributed by atoms with van der Waals surface area (Å²) in [6, 6.07) is 16.4. The standard InChI is InChI=1S/C20H22N4O/c1-2-6-20(25)21-15-7-5-8-16(13-15)23-11-12-24-18-10-4-3-9-17(18)22-19(24)14-23/h3-5,7-10,13H,2,6,11-12,14H2,1H3,(H,21,25). The number of rotatable bonds is 4. The third kappa shape index (κ3) is 3.09. The number of hydrogen-bond donors (Lipinski definition) is 1. The molecular formula is C20H22N4O. The quantitative estimate of drug-likeness (QED) is 0.789. The van der Waals surface area contributed by atoms with Crippen molar-refractivity contribution in [3.63, 3.8) is 0 Å². The second-order valence-electron chi connectivity index (χ2n) is 6.44. The number of anilines is 2. The molecule has 5 nitrogen and oxygen atoms in total. The fourth-order valence-electron chi connectivity index (χ4n) is 3.42. The largest absolute Gasteiger partial charge is 0.362 e. The van der Waals surface area contributed by atoms with E-state index in [2.05, 4.69) is 39.0 Å². The average Bonchev–Trinajstić information content (AvgIpc) is 3.00. The third-order valence-electron chi connectivity index (χ3n) is 4.63. The van der Waals surface area contributed by atoms with E-state index in [9.17, 15) is 4.79 Å². The highest BCUT2D eigenvalue weighted by Crippen LogP contribution is 2.26. The second-order valence-corrected chi connectivity index (χ2v) is 6.44. The van der Waals surface area contributed by atoms with Crippen LogP contribution in [0.1, 0.15) is 25.6 Å². The summed E-state index contributed by atoms with van der Waals surface area (Å²) in [4.78, 5) is 18.9. The summed E-state index contributed by atoms with van der Waals surface area (Å²) in [5.74, 6) is 1.16. The van der Waals surface area contributed by atoms with E-state index in [1.165, 1.54) is 5.52 Å². The van der Waals surface area contributed by atoms with E-state index in [4.69, 9.17) is 4.98 Å². The molecule has 0 bridgehead atoms. The molecule has 1 N–H and O–H groups in total. The lowest BCUT2D eigenvalue weighted by Gasteiger charge is -2.30. The number of aromatic nitrogens is 2. The Morgan fingerprint density at radius 1 is 1.16 bits per heavy atom. The van der Waals surface area contributed by atoms with Crippen LogP contribution >= 0.6 is 0 Å². The van der Waals surface area contributed by atoms with E-state index < -0.39 is 0 Å². The van der Waals surface area contributed by atoms with Crippen LogP contribution in [-0.2, 0) is 17.9 Å². The number of amides is 1. The minimum atomic E-state index is 0.0695. The van der Waals surface area contributed by atoms with Gasteiger partial charge in [0.15, 0.2) is 0 Å². The molecule has 0 spiro atoms. The Morgan fingerprint density at radius 3 is 2.92 bits per heavy atom. The van der Waals surface area contributed by atoms with Crippen molar-refractivity contribution in [2.24, 2.45) is 0 Å². The Balaban J connectivity index is 1.56. The van der Waals surface area contributed by atoms with Gasteiger partial charge in [0.25, 0.3) is 0 Å². The molecule has 0 unspecified atom stereocenters. The zero-order chi connectivity index (χ0) is 17.2. The highest BCUT2D eigenvalue weighted by atomic mass is 16.1. The Labute approximate surface area is 147 Å². The Bertz CT molecular complexity index is 915. The lowest BCUT2D eigenvalue weighted by Crippen LogP contribution is -2.33. The molecule has 128 valence electrons. The molecule has 0 saturated heterocycles. The number of imidazole rings is 1. The van der Waals surface area contributed by atoms with Crippen molar-refractivity contribution in [1.82, 2.24) is 9.55 Å². The summed E-state index contributed by atoms with van der Waals surface area (Å²) in [6.07, 6.45) is 1.41. The molecule has 3 aromatic rings. The van der Waals surface area contributed by atoms with E-state index in [-0.39, 0.29) is 5.91 Å². The number of nitrogens with zero attached hydrogens (tertiary/aromatic N) is 3. The fraction of sp³-hybridized carbons (Fsp3) is 0.300. The molecular weight excluding hydrogens is 312 g/mol. The van der Waals surface area contributed by atoms with Crippen LogP contribution in [0.25, 0.3) is 11.0 Å². The van der Waals surface area contributed by atoms with Gasteiger partial charge in [-0.3, -0.25) is 4.79 Å². The van der Waals surface area contributed by atoms with Crippen LogP contribution in [0.3, 0.4) is 0 Å². The van der Waals surface area contributed by atoms with Crippen LogP contribution in [0.15, 0.2) is 48.5 Å². The monoisotopic (exact) mass is 334 g/mol. The molecule has 0 radical (unpaired) electrons. The highest BCUT2D eigenvalue weighted by molar-refractivity contribution is 5.91. The molecule has 2 heterocycles. The van der Waals surface area contributed by atoms with Gasteiger partial charge in [-0.25, -0.2) is 4.98 Å². The van der Waals surface area contributed by atoms with Gasteiger partial charge in [-0.05, 0) is 36.8 Å². The zero-order valence-corrected chi connectivity index (χ0v) is 14.4. The summed E-state index contributed by atoms with van der Waals surface area (Å²) in [5.41, 5.74) is 4.24. The molecule has 0 atom stereocenters. The minimum absolute atomic E-state index is 0.0695. The first kappa shape index (κ1) is 15.7. The first-order valence-electron chi connectivity index (χ1n) is 8.83. The number of carbonyl (C=O) groups excluding carboxylic acids is 1. The van der Waals surface area contributed by atoms with Crippen molar-refractivity contribution in [1.29, 1.82) is 0 Å². The SMILES string of the molecule is CCCC(=O)Nc1cccc(N2CCn3c(nc4ccccc43)C2)c1. The number of carbonyl (C=O) groups is 1. The molecule has 2 aromatic carbocycles. The summed E-state index contributed by atoms with van der Waals surface area (Å²) in [5, 5.41) is 2.98. The molecule has 1 amide bonds. The molecule has 0 saturated carbocycles. The van der Waals surface area contributed by atoms with Gasteiger partial charge in [-0.1, -0.05) is 25.1 Å². The zero-order valence-electron chi connectivity index (χ0n) is 14.4. The second kappa shape index (κ2) is 6.59. The first-order valence-corrected chi connectivity index (χ1v) is 8.83. The van der Waals surface area contributed by atoms with Gasteiger partial charge in [0.05, 0.1) is 17.6 Å². The molecule has 0 fully saturated rings. The van der Waals surface area contributed by atoms with Crippen molar-refractivity contribution in [3.8, 4) is 0 Å². The van der Waals surface area contributed by atoms with Crippen LogP contribution in [0, 0.1) is 0 Å². The van der Waals surface area contributed by atoms with Crippen LogP contribution in [0.4, 0.5) is 11.4 Å². The number of fused-ring (bicyclic) bond motifs is 3. The predicted molar refractivity (Wildman–Crippen MR) is 101 cm³/mol. The summed E-state index contributed by atoms with van der Waals surface area (Å²) in [7, 11) is 0. The van der Waals surface area contributed by atoms with Gasteiger partial charge in [0.2, 0.25) is 5.91 Å². The van der Waals surface area contributed by atoms with E-state index in [0.717, 1.165) is 48.8 Å². The predicted octanol–water partition coefficient (Wildman–Crippen LogP) is 3.80. The normalized spacial score (nSPS) is 13.7. The molecule has 25 heavy (non-hydrogen) atoms. The maximum atomic E-state index is 11.8. The lowest BCUT2D eigenvalue weighted by atomic mass is 10.2. The summed E-state index contributed by atoms with van der Waals surface area (Å²) >= 11 is 0. The van der Waals surface area contributed by atoms with E-state index in [1.54, 1.807) is 0 Å². The topological polar surface area (TPSA) is 50.2 Å². The van der Waals surface area contributed by atoms with Crippen LogP contribution in [0.2, 0.25) is 0 Å². The Hall–Kier alpha value is -2.82. The molecule has 5 heteroatoms. The van der Waals surface area contributed by atoms with E-state index >= 15 is 0 Å². The summed E-state index contributed by atoms with van der Waals surface area (Å²) in [6.45, 7) is 4.64. The molecule has 1 aliphatic heterocycles. The minimum Gasteiger partial charge on any atom is -0.362 e. The van der Waals surface area contributed by atoms with Crippen LogP contribution in [0.5, 0.6) is 0 Å². The van der Waals surface area contributed by atoms with Crippen molar-refractivity contribution < 1.29 is 4.79 Å². The van der Waals surface area contributed by atoms with Crippen molar-refractivity contribution in [2.75, 3.05) is 16.8 Å². The van der Waals surface area contributed by atoms with Crippen molar-refractivity contribution >= 4 is 28.3 Å². The average molecular weight is 334 g/mol. The molecule has 4 rings (SSSR count). The maximum Gasteiger partial charge on any atom is 0.224 e. The third-order valence-corrected chi connectivity index (χ3v) is 4.63. The fourth-order valence-corrected chi connectivity index (χ4v) is 3.42. The lowest BCUT2D eigenvalue weighted by molar-refractivity contribution is -0.116. The highest BCUT2D eigenvalue weighted by Gasteiger charge is 2.20. The van der Waals surface area contributed by atoms with Gasteiger partial charge >= 0.3 is 0 Å². The number of benzene rings is 2. The van der Waals surface area contributed by atoms with Crippen LogP contribution in [-0.4, -0.2) is 22.0 Å². The maximum absolute atomic E-state index is 11.8. The Kier molecular flexibility index (Phi) is 4.14. The molecule has 1 aromatic heterocycles. The van der Waals surface area contributed by atoms with Gasteiger partial charge in [0.1, 0.15) is 5.82 Å².